The van der Waals surface area contributed by atoms with Gasteiger partial charge in [-0.05, 0) is 79.1 Å². The number of carbonyl (C=O) groups is 2. The smallest absolute Gasteiger partial charge is 0.247 e. The van der Waals surface area contributed by atoms with Crippen LogP contribution in [0, 0.1) is 28.4 Å². The quantitative estimate of drug-likeness (QED) is 0.199. The van der Waals surface area contributed by atoms with Gasteiger partial charge in [0.2, 0.25) is 11.8 Å². The number of ether oxygens (including phenoxy) is 1. The molecule has 6 rings (SSSR count). The highest BCUT2D eigenvalue weighted by Crippen LogP contribution is 2.49. The van der Waals surface area contributed by atoms with Crippen LogP contribution in [0.15, 0.2) is 85.2 Å². The average Bonchev–Trinajstić information content (AvgIpc) is 3.68. The Hall–Kier alpha value is -5.76. The molecule has 1 saturated carbocycles. The van der Waals surface area contributed by atoms with Crippen LogP contribution >= 0.6 is 0 Å². The lowest BCUT2D eigenvalue weighted by atomic mass is 10.0. The number of hydrogen-bond donors (Lipinski definition) is 2. The number of nitrogens with two attached hydrogens (primary N) is 2. The second-order valence-electron chi connectivity index (χ2n) is 9.95. The second kappa shape index (κ2) is 10.0. The van der Waals surface area contributed by atoms with E-state index in [9.17, 15) is 19.2 Å². The number of halogens is 2. The molecule has 9 nitrogen and oxygen atoms in total. The second-order valence-corrected chi connectivity index (χ2v) is 9.95. The Morgan fingerprint density at radius 1 is 0.976 bits per heavy atom. The minimum atomic E-state index is -1.40. The number of nitrogen functional groups attached to an aromatic ring is 1. The number of aromatic nitrogens is 2. The summed E-state index contributed by atoms with van der Waals surface area (Å²) in [7, 11) is 0. The first-order chi connectivity index (χ1) is 20.2. The van der Waals surface area contributed by atoms with Crippen molar-refractivity contribution in [1.82, 2.24) is 9.61 Å². The number of fused-ring (bicyclic) bond motifs is 1. The number of nitriles is 1. The van der Waals surface area contributed by atoms with Crippen LogP contribution in [0.2, 0.25) is 0 Å². The summed E-state index contributed by atoms with van der Waals surface area (Å²) in [6.45, 7) is 0. The molecule has 3 aromatic carbocycles. The molecule has 5 aromatic rings. The molecule has 0 saturated heterocycles. The van der Waals surface area contributed by atoms with Gasteiger partial charge in [0.15, 0.2) is 17.3 Å². The highest BCUT2D eigenvalue weighted by Gasteiger charge is 2.57. The fourth-order valence-electron chi connectivity index (χ4n) is 4.91. The van der Waals surface area contributed by atoms with Crippen molar-refractivity contribution in [3.05, 3.63) is 102 Å². The molecule has 0 spiro atoms. The van der Waals surface area contributed by atoms with Crippen molar-refractivity contribution in [2.24, 2.45) is 11.1 Å². The third-order valence-electron chi connectivity index (χ3n) is 7.22. The van der Waals surface area contributed by atoms with Gasteiger partial charge in [-0.3, -0.25) is 14.5 Å². The normalized spacial score (nSPS) is 13.4. The van der Waals surface area contributed by atoms with Crippen molar-refractivity contribution in [3.8, 4) is 28.7 Å². The third-order valence-corrected chi connectivity index (χ3v) is 7.22. The first-order valence-corrected chi connectivity index (χ1v) is 12.8. The molecule has 0 radical (unpaired) electrons. The van der Waals surface area contributed by atoms with Gasteiger partial charge in [0.25, 0.3) is 0 Å². The maximum atomic E-state index is 15.6. The van der Waals surface area contributed by atoms with E-state index in [-0.39, 0.29) is 35.7 Å². The van der Waals surface area contributed by atoms with E-state index in [2.05, 4.69) is 11.2 Å². The number of amides is 2. The number of anilines is 3. The highest BCUT2D eigenvalue weighted by molar-refractivity contribution is 6.16. The third kappa shape index (κ3) is 4.54. The van der Waals surface area contributed by atoms with Gasteiger partial charge in [0, 0.05) is 35.3 Å². The highest BCUT2D eigenvalue weighted by atomic mass is 19.1. The molecular formula is C31H22F2N6O3. The van der Waals surface area contributed by atoms with Crippen LogP contribution in [0.3, 0.4) is 0 Å². The zero-order valence-electron chi connectivity index (χ0n) is 21.9. The molecule has 0 unspecified atom stereocenters. The van der Waals surface area contributed by atoms with Crippen molar-refractivity contribution in [1.29, 1.82) is 5.26 Å². The van der Waals surface area contributed by atoms with Gasteiger partial charge in [-0.15, -0.1) is 0 Å². The fraction of sp³-hybridized carbons (Fsp3) is 0.0968. The topological polar surface area (TPSA) is 140 Å². The lowest BCUT2D eigenvalue weighted by Gasteiger charge is -2.26. The Labute approximate surface area is 238 Å². The maximum Gasteiger partial charge on any atom is 0.247 e. The lowest BCUT2D eigenvalue weighted by Crippen LogP contribution is -2.41. The van der Waals surface area contributed by atoms with E-state index >= 15 is 4.39 Å². The first kappa shape index (κ1) is 26.5. The Morgan fingerprint density at radius 3 is 2.38 bits per heavy atom. The summed E-state index contributed by atoms with van der Waals surface area (Å²) in [5, 5.41) is 13.7. The van der Waals surface area contributed by atoms with Crippen molar-refractivity contribution < 1.29 is 23.1 Å². The van der Waals surface area contributed by atoms with Crippen molar-refractivity contribution >= 4 is 34.4 Å². The van der Waals surface area contributed by atoms with Gasteiger partial charge in [-0.2, -0.15) is 10.4 Å². The average molecular weight is 565 g/mol. The standard InChI is InChI=1S/C31H22F2N6O3/c32-20-1-3-22(4-2-20)39(30(41)31(9-10-31)29(36)40)23-5-6-26(25(33)16-23)42-27-7-11-37-38-12-8-24(28(27)38)19-13-18(17-34)14-21(35)15-19/h1-8,11-16H,9-10,35H2,(H2,36,40). The van der Waals surface area contributed by atoms with Crippen LogP contribution in [0.5, 0.6) is 11.5 Å². The van der Waals surface area contributed by atoms with E-state index in [0.29, 0.717) is 27.9 Å². The fourth-order valence-corrected chi connectivity index (χ4v) is 4.91. The minimum absolute atomic E-state index is 0.107. The molecule has 2 heterocycles. The molecule has 1 fully saturated rings. The first-order valence-electron chi connectivity index (χ1n) is 12.8. The lowest BCUT2D eigenvalue weighted by molar-refractivity contribution is -0.133. The molecule has 2 amide bonds. The monoisotopic (exact) mass is 564 g/mol. The Bertz CT molecular complexity index is 1930. The SMILES string of the molecule is N#Cc1cc(N)cc(-c2ccn3nccc(Oc4ccc(N(C(=O)C5(C(N)=O)CC5)c5ccc(F)cc5)cc4F)c23)c1. The largest absolute Gasteiger partial charge is 0.452 e. The van der Waals surface area contributed by atoms with Crippen LogP contribution < -0.4 is 21.1 Å². The number of hydrogen-bond acceptors (Lipinski definition) is 6. The predicted octanol–water partition coefficient (Wildman–Crippen LogP) is 5.46. The van der Waals surface area contributed by atoms with E-state index in [0.717, 1.165) is 23.1 Å². The maximum absolute atomic E-state index is 15.6. The van der Waals surface area contributed by atoms with Crippen molar-refractivity contribution in [2.75, 3.05) is 10.6 Å². The van der Waals surface area contributed by atoms with Crippen molar-refractivity contribution in [3.63, 3.8) is 0 Å². The summed E-state index contributed by atoms with van der Waals surface area (Å²) < 4.78 is 36.8. The predicted molar refractivity (Wildman–Crippen MR) is 151 cm³/mol. The molecule has 11 heteroatoms. The van der Waals surface area contributed by atoms with E-state index in [4.69, 9.17) is 16.2 Å². The van der Waals surface area contributed by atoms with E-state index < -0.39 is 28.9 Å². The summed E-state index contributed by atoms with van der Waals surface area (Å²) in [5.41, 5.74) is 13.1. The van der Waals surface area contributed by atoms with Gasteiger partial charge in [0.1, 0.15) is 16.7 Å². The Kier molecular flexibility index (Phi) is 6.31. The van der Waals surface area contributed by atoms with Crippen LogP contribution in [0.4, 0.5) is 25.8 Å². The van der Waals surface area contributed by atoms with Crippen LogP contribution in [0.25, 0.3) is 16.6 Å². The summed E-state index contributed by atoms with van der Waals surface area (Å²) in [5.74, 6) is -2.58. The molecule has 0 bridgehead atoms. The van der Waals surface area contributed by atoms with Gasteiger partial charge in [-0.25, -0.2) is 13.3 Å². The van der Waals surface area contributed by atoms with Gasteiger partial charge in [0.05, 0.1) is 23.5 Å². The van der Waals surface area contributed by atoms with E-state index in [1.165, 1.54) is 30.5 Å². The Balaban J connectivity index is 1.39. The molecule has 2 aromatic heterocycles. The van der Waals surface area contributed by atoms with E-state index in [1.807, 2.05) is 0 Å². The zero-order chi connectivity index (χ0) is 29.6. The number of nitrogens with zero attached hydrogens (tertiary/aromatic N) is 4. The minimum Gasteiger partial charge on any atom is -0.452 e. The van der Waals surface area contributed by atoms with Gasteiger partial charge in [-0.1, -0.05) is 0 Å². The van der Waals surface area contributed by atoms with Gasteiger partial charge >= 0.3 is 0 Å². The number of rotatable bonds is 7. The molecule has 0 aliphatic heterocycles. The van der Waals surface area contributed by atoms with Crippen LogP contribution in [0.1, 0.15) is 18.4 Å². The summed E-state index contributed by atoms with van der Waals surface area (Å²) >= 11 is 0. The molecule has 0 atom stereocenters. The number of primary amides is 1. The van der Waals surface area contributed by atoms with Crippen molar-refractivity contribution in [2.45, 2.75) is 12.8 Å². The van der Waals surface area contributed by atoms with E-state index in [1.54, 1.807) is 41.0 Å². The molecule has 42 heavy (non-hydrogen) atoms. The Morgan fingerprint density at radius 2 is 1.71 bits per heavy atom. The van der Waals surface area contributed by atoms with Crippen LogP contribution in [-0.4, -0.2) is 21.4 Å². The number of carbonyl (C=O) groups excluding carboxylic acids is 2. The molecule has 1 aliphatic rings. The zero-order valence-corrected chi connectivity index (χ0v) is 21.9. The molecule has 1 aliphatic carbocycles. The van der Waals surface area contributed by atoms with Crippen LogP contribution in [-0.2, 0) is 9.59 Å². The number of benzene rings is 3. The summed E-state index contributed by atoms with van der Waals surface area (Å²) in [6.07, 6.45) is 3.73. The summed E-state index contributed by atoms with van der Waals surface area (Å²) in [6, 6.07) is 19.4. The van der Waals surface area contributed by atoms with Gasteiger partial charge < -0.3 is 16.2 Å². The summed E-state index contributed by atoms with van der Waals surface area (Å²) in [4.78, 5) is 26.8. The molecule has 4 N–H and O–H groups in total. The molecular weight excluding hydrogens is 542 g/mol. The molecule has 208 valence electrons.